The summed E-state index contributed by atoms with van der Waals surface area (Å²) >= 11 is 1.86. The highest BCUT2D eigenvalue weighted by molar-refractivity contribution is 7.25. The van der Waals surface area contributed by atoms with Crippen molar-refractivity contribution in [2.24, 2.45) is 0 Å². The third-order valence-electron chi connectivity index (χ3n) is 14.0. The molecule has 1 aromatic heterocycles. The van der Waals surface area contributed by atoms with Crippen molar-refractivity contribution in [3.8, 4) is 11.1 Å². The van der Waals surface area contributed by atoms with Crippen LogP contribution in [0.1, 0.15) is 25.0 Å². The molecule has 0 amide bonds. The monoisotopic (exact) mass is 892 g/mol. The van der Waals surface area contributed by atoms with Crippen molar-refractivity contribution < 1.29 is 0 Å². The maximum absolute atomic E-state index is 3.19. The first-order chi connectivity index (χ1) is 33.0. The minimum absolute atomic E-state index is 0.150. The van der Waals surface area contributed by atoms with Gasteiger partial charge < -0.3 is 9.80 Å². The van der Waals surface area contributed by atoms with E-state index in [0.717, 1.165) is 28.4 Å². The number of para-hydroxylation sites is 3. The van der Waals surface area contributed by atoms with E-state index >= 15 is 0 Å². The molecule has 0 unspecified atom stereocenters. The molecule has 0 saturated carbocycles. The Labute approximate surface area is 398 Å². The second-order valence-corrected chi connectivity index (χ2v) is 22.9. The number of thiophene rings is 1. The van der Waals surface area contributed by atoms with Gasteiger partial charge in [-0.25, -0.2) is 0 Å². The Morgan fingerprint density at radius 2 is 0.851 bits per heavy atom. The van der Waals surface area contributed by atoms with E-state index in [-0.39, 0.29) is 5.41 Å². The first-order valence-corrected chi connectivity index (χ1v) is 26.0. The zero-order valence-corrected chi connectivity index (χ0v) is 39.4. The van der Waals surface area contributed by atoms with Crippen LogP contribution in [0.25, 0.3) is 31.3 Å². The Morgan fingerprint density at radius 3 is 1.58 bits per heavy atom. The molecule has 0 spiro atoms. The van der Waals surface area contributed by atoms with Gasteiger partial charge in [-0.3, -0.25) is 0 Å². The maximum Gasteiger partial charge on any atom is 0.181 e. The van der Waals surface area contributed by atoms with E-state index in [0.29, 0.717) is 0 Å². The van der Waals surface area contributed by atoms with Crippen LogP contribution >= 0.6 is 11.3 Å². The van der Waals surface area contributed by atoms with Gasteiger partial charge in [0.05, 0.1) is 0 Å². The quantitative estimate of drug-likeness (QED) is 0.0997. The number of fused-ring (bicyclic) bond motifs is 6. The van der Waals surface area contributed by atoms with E-state index in [9.17, 15) is 0 Å². The SMILES string of the molecule is CC1(C)c2ccccc2-c2ccc(N(c3ccccc3)c3ccccc3[Si](c3ccccc3)(c3ccccc3)c3cccc(N(c4ccccc4)c4ccc5c(c4)sc4ccccc45)c3)cc21. The summed E-state index contributed by atoms with van der Waals surface area (Å²) in [7, 11) is -3.19. The molecule has 0 aliphatic heterocycles. The number of hydrogen-bond donors (Lipinski definition) is 0. The van der Waals surface area contributed by atoms with Crippen LogP contribution in [0.5, 0.6) is 0 Å². The van der Waals surface area contributed by atoms with Gasteiger partial charge in [0.15, 0.2) is 8.07 Å². The van der Waals surface area contributed by atoms with Crippen LogP contribution in [-0.4, -0.2) is 8.07 Å². The minimum atomic E-state index is -3.19. The Hall–Kier alpha value is -7.76. The highest BCUT2D eigenvalue weighted by atomic mass is 32.1. The fourth-order valence-corrected chi connectivity index (χ4v) is 17.0. The third-order valence-corrected chi connectivity index (χ3v) is 19.9. The molecular formula is C63H48N2SSi. The highest BCUT2D eigenvalue weighted by Crippen LogP contribution is 2.50. The molecule has 4 heteroatoms. The molecule has 0 fully saturated rings. The standard InChI is InChI=1S/C63H48N2SSi/c1-63(2)57-34-17-15-32-53(57)54-40-38-48(43-58(54)63)65(46-24-9-4-10-25-46)59-35-18-20-37-62(59)67(50-27-11-5-12-28-50,51-29-13-6-14-30-51)52-31-21-26-47(42-52)64(45-22-7-3-8-23-45)49-39-41-56-55-33-16-19-36-60(55)66-61(56)44-49/h3-44H,1-2H3. The van der Waals surface area contributed by atoms with Gasteiger partial charge in [0.25, 0.3) is 0 Å². The molecule has 12 rings (SSSR count). The average Bonchev–Trinajstić information content (AvgIpc) is 3.87. The molecule has 0 N–H and O–H groups in total. The average molecular weight is 893 g/mol. The van der Waals surface area contributed by atoms with Crippen molar-refractivity contribution in [2.45, 2.75) is 19.3 Å². The van der Waals surface area contributed by atoms with Crippen LogP contribution in [-0.2, 0) is 5.41 Å². The van der Waals surface area contributed by atoms with E-state index in [2.05, 4.69) is 278 Å². The molecule has 67 heavy (non-hydrogen) atoms. The van der Waals surface area contributed by atoms with Crippen molar-refractivity contribution in [1.82, 2.24) is 0 Å². The predicted molar refractivity (Wildman–Crippen MR) is 290 cm³/mol. The Kier molecular flexibility index (Phi) is 10.1. The molecule has 0 bridgehead atoms. The number of anilines is 6. The van der Waals surface area contributed by atoms with Crippen LogP contribution in [0, 0.1) is 0 Å². The van der Waals surface area contributed by atoms with Gasteiger partial charge in [0.1, 0.15) is 0 Å². The topological polar surface area (TPSA) is 6.48 Å². The van der Waals surface area contributed by atoms with E-state index in [4.69, 9.17) is 0 Å². The van der Waals surface area contributed by atoms with Gasteiger partial charge >= 0.3 is 0 Å². The molecule has 2 nitrogen and oxygen atoms in total. The second kappa shape index (κ2) is 16.6. The molecule has 11 aromatic rings. The lowest BCUT2D eigenvalue weighted by atomic mass is 9.82. The number of nitrogens with zero attached hydrogens (tertiary/aromatic N) is 2. The minimum Gasteiger partial charge on any atom is -0.311 e. The molecule has 320 valence electrons. The highest BCUT2D eigenvalue weighted by Gasteiger charge is 2.44. The van der Waals surface area contributed by atoms with Crippen molar-refractivity contribution >= 4 is 94.5 Å². The van der Waals surface area contributed by atoms with Gasteiger partial charge in [-0.05, 0) is 116 Å². The van der Waals surface area contributed by atoms with Crippen LogP contribution in [0.4, 0.5) is 34.1 Å². The van der Waals surface area contributed by atoms with Crippen molar-refractivity contribution in [2.75, 3.05) is 9.80 Å². The summed E-state index contributed by atoms with van der Waals surface area (Å²) in [4.78, 5) is 4.96. The predicted octanol–water partition coefficient (Wildman–Crippen LogP) is 14.7. The Balaban J connectivity index is 1.11. The van der Waals surface area contributed by atoms with E-state index in [1.54, 1.807) is 0 Å². The molecule has 0 atom stereocenters. The van der Waals surface area contributed by atoms with Crippen molar-refractivity contribution in [1.29, 1.82) is 0 Å². The Bertz CT molecular complexity index is 3530. The zero-order chi connectivity index (χ0) is 45.0. The van der Waals surface area contributed by atoms with E-state index < -0.39 is 8.07 Å². The zero-order valence-electron chi connectivity index (χ0n) is 37.6. The summed E-state index contributed by atoms with van der Waals surface area (Å²) in [5.41, 5.74) is 12.0. The van der Waals surface area contributed by atoms with Crippen LogP contribution in [0.15, 0.2) is 255 Å². The number of hydrogen-bond acceptors (Lipinski definition) is 3. The van der Waals surface area contributed by atoms with Crippen LogP contribution in [0.2, 0.25) is 0 Å². The van der Waals surface area contributed by atoms with Gasteiger partial charge in [-0.1, -0.05) is 196 Å². The summed E-state index contributed by atoms with van der Waals surface area (Å²) in [5.74, 6) is 0. The summed E-state index contributed by atoms with van der Waals surface area (Å²) in [6.45, 7) is 4.74. The third kappa shape index (κ3) is 6.75. The van der Waals surface area contributed by atoms with E-state index in [1.165, 1.54) is 68.9 Å². The summed E-state index contributed by atoms with van der Waals surface area (Å²) in [5, 5.41) is 7.86. The number of rotatable bonds is 10. The van der Waals surface area contributed by atoms with Crippen LogP contribution < -0.4 is 30.5 Å². The lowest BCUT2D eigenvalue weighted by Crippen LogP contribution is -2.75. The van der Waals surface area contributed by atoms with Gasteiger partial charge in [-0.15, -0.1) is 11.3 Å². The lowest BCUT2D eigenvalue weighted by Gasteiger charge is -2.39. The van der Waals surface area contributed by atoms with Crippen molar-refractivity contribution in [3.63, 3.8) is 0 Å². The second-order valence-electron chi connectivity index (χ2n) is 18.1. The first kappa shape index (κ1) is 40.7. The summed E-state index contributed by atoms with van der Waals surface area (Å²) in [6.07, 6.45) is 0. The molecule has 0 radical (unpaired) electrons. The molecule has 0 saturated heterocycles. The fourth-order valence-electron chi connectivity index (χ4n) is 10.9. The smallest absolute Gasteiger partial charge is 0.181 e. The Morgan fingerprint density at radius 1 is 0.343 bits per heavy atom. The molecule has 1 aliphatic rings. The van der Waals surface area contributed by atoms with Gasteiger partial charge in [0.2, 0.25) is 0 Å². The van der Waals surface area contributed by atoms with Gasteiger partial charge in [0, 0.05) is 59.7 Å². The maximum atomic E-state index is 2.52. The normalized spacial score (nSPS) is 12.7. The van der Waals surface area contributed by atoms with E-state index in [1.807, 2.05) is 11.3 Å². The van der Waals surface area contributed by atoms with Crippen molar-refractivity contribution in [3.05, 3.63) is 266 Å². The fraction of sp³-hybridized carbons (Fsp3) is 0.0476. The molecule has 1 aliphatic carbocycles. The first-order valence-electron chi connectivity index (χ1n) is 23.2. The lowest BCUT2D eigenvalue weighted by molar-refractivity contribution is 0.660. The summed E-state index contributed by atoms with van der Waals surface area (Å²) < 4.78 is 2.59. The largest absolute Gasteiger partial charge is 0.311 e. The number of benzene rings is 10. The van der Waals surface area contributed by atoms with Crippen LogP contribution in [0.3, 0.4) is 0 Å². The summed E-state index contributed by atoms with van der Waals surface area (Å²) in [6, 6.07) is 94.9. The van der Waals surface area contributed by atoms with Gasteiger partial charge in [-0.2, -0.15) is 0 Å². The molecule has 1 heterocycles. The molecule has 10 aromatic carbocycles. The molecular weight excluding hydrogens is 845 g/mol.